The lowest BCUT2D eigenvalue weighted by atomic mass is 9.88. The molecule has 8 heteroatoms. The van der Waals surface area contributed by atoms with Crippen molar-refractivity contribution in [3.63, 3.8) is 0 Å². The van der Waals surface area contributed by atoms with Crippen molar-refractivity contribution in [1.29, 1.82) is 0 Å². The molecule has 3 N–H and O–H groups in total. The SMILES string of the molecule is O=C(O)C[C@H]1[C@H](C(OC2CCCCO2)=C(Cl)CCOc2ccccc2)[C@H](O)C[C@H]1O. The molecular weight excluding hydrogens is 412 g/mol. The number of hydrogen-bond acceptors (Lipinski definition) is 6. The van der Waals surface area contributed by atoms with Crippen LogP contribution in [0.3, 0.4) is 0 Å². The summed E-state index contributed by atoms with van der Waals surface area (Å²) < 4.78 is 17.4. The van der Waals surface area contributed by atoms with Gasteiger partial charge in [-0.3, -0.25) is 4.79 Å². The first kappa shape index (κ1) is 22.9. The molecule has 3 rings (SSSR count). The summed E-state index contributed by atoms with van der Waals surface area (Å²) in [5, 5.41) is 30.6. The van der Waals surface area contributed by atoms with Crippen molar-refractivity contribution >= 4 is 17.6 Å². The van der Waals surface area contributed by atoms with E-state index < -0.39 is 36.3 Å². The van der Waals surface area contributed by atoms with E-state index in [0.29, 0.717) is 36.0 Å². The van der Waals surface area contributed by atoms with Crippen LogP contribution in [0.4, 0.5) is 0 Å². The summed E-state index contributed by atoms with van der Waals surface area (Å²) in [4.78, 5) is 11.3. The lowest BCUT2D eigenvalue weighted by Crippen LogP contribution is -2.31. The molecular formula is C22H29ClO7. The summed E-state index contributed by atoms with van der Waals surface area (Å²) >= 11 is 6.61. The highest BCUT2D eigenvalue weighted by Crippen LogP contribution is 2.43. The zero-order valence-corrected chi connectivity index (χ0v) is 17.5. The molecule has 166 valence electrons. The summed E-state index contributed by atoms with van der Waals surface area (Å²) in [6.45, 7) is 0.858. The van der Waals surface area contributed by atoms with Gasteiger partial charge in [-0.1, -0.05) is 29.8 Å². The van der Waals surface area contributed by atoms with Crippen molar-refractivity contribution in [3.05, 3.63) is 41.1 Å². The highest BCUT2D eigenvalue weighted by Gasteiger charge is 2.47. The molecule has 0 spiro atoms. The second kappa shape index (κ2) is 11.0. The quantitative estimate of drug-likeness (QED) is 0.506. The van der Waals surface area contributed by atoms with Crippen LogP contribution in [0.2, 0.25) is 0 Å². The third-order valence-corrected chi connectivity index (χ3v) is 5.94. The molecule has 1 heterocycles. The molecule has 2 fully saturated rings. The molecule has 2 aliphatic rings. The molecule has 5 atom stereocenters. The van der Waals surface area contributed by atoms with E-state index in [0.717, 1.165) is 12.8 Å². The van der Waals surface area contributed by atoms with Crippen LogP contribution in [0.25, 0.3) is 0 Å². The largest absolute Gasteiger partial charge is 0.493 e. The van der Waals surface area contributed by atoms with Gasteiger partial charge in [0.1, 0.15) is 11.5 Å². The molecule has 0 bridgehead atoms. The van der Waals surface area contributed by atoms with Crippen molar-refractivity contribution in [3.8, 4) is 5.75 Å². The van der Waals surface area contributed by atoms with Gasteiger partial charge < -0.3 is 29.5 Å². The molecule has 1 aliphatic carbocycles. The third-order valence-electron chi connectivity index (χ3n) is 5.56. The van der Waals surface area contributed by atoms with E-state index in [9.17, 15) is 20.1 Å². The van der Waals surface area contributed by atoms with Gasteiger partial charge in [-0.25, -0.2) is 0 Å². The molecule has 0 amide bonds. The minimum Gasteiger partial charge on any atom is -0.493 e. The van der Waals surface area contributed by atoms with E-state index in [-0.39, 0.29) is 19.4 Å². The number of halogens is 1. The second-order valence-electron chi connectivity index (χ2n) is 7.75. The fourth-order valence-electron chi connectivity index (χ4n) is 4.09. The van der Waals surface area contributed by atoms with Crippen LogP contribution < -0.4 is 4.74 Å². The Balaban J connectivity index is 1.78. The maximum atomic E-state index is 11.3. The minimum absolute atomic E-state index is 0.0751. The van der Waals surface area contributed by atoms with Gasteiger partial charge in [0.05, 0.1) is 36.9 Å². The first-order valence-electron chi connectivity index (χ1n) is 10.4. The molecule has 7 nitrogen and oxygen atoms in total. The average molecular weight is 441 g/mol. The zero-order chi connectivity index (χ0) is 21.5. The molecule has 0 aromatic heterocycles. The van der Waals surface area contributed by atoms with Crippen LogP contribution in [0, 0.1) is 11.8 Å². The van der Waals surface area contributed by atoms with Crippen molar-refractivity contribution in [2.45, 2.75) is 57.0 Å². The summed E-state index contributed by atoms with van der Waals surface area (Å²) in [5.74, 6) is -1.45. The van der Waals surface area contributed by atoms with E-state index in [2.05, 4.69) is 0 Å². The Labute approximate surface area is 181 Å². The third kappa shape index (κ3) is 6.11. The minimum atomic E-state index is -1.05. The predicted octanol–water partition coefficient (Wildman–Crippen LogP) is 3.28. The standard InChI is InChI=1S/C22H29ClO7/c23-16(9-11-28-14-6-2-1-3-7-14)22(30-20-8-4-5-10-29-20)21-15(12-19(26)27)17(24)13-18(21)25/h1-3,6-7,15,17-18,20-21,24-25H,4-5,8-13H2,(H,26,27)/t15-,17-,18-,20?,21+/m1/s1. The molecule has 0 radical (unpaired) electrons. The van der Waals surface area contributed by atoms with Gasteiger partial charge in [-0.2, -0.15) is 0 Å². The fourth-order valence-corrected chi connectivity index (χ4v) is 4.34. The highest BCUT2D eigenvalue weighted by atomic mass is 35.5. The Hall–Kier alpha value is -1.80. The van der Waals surface area contributed by atoms with Crippen molar-refractivity contribution < 1.29 is 34.3 Å². The number of ether oxygens (including phenoxy) is 3. The molecule has 1 aromatic rings. The summed E-state index contributed by atoms with van der Waals surface area (Å²) in [5.41, 5.74) is 0. The normalized spacial score (nSPS) is 29.9. The summed E-state index contributed by atoms with van der Waals surface area (Å²) in [6.07, 6.45) is 0.278. The number of aliphatic carboxylic acids is 1. The fraction of sp³-hybridized carbons (Fsp3) is 0.591. The number of carboxylic acids is 1. The maximum Gasteiger partial charge on any atom is 0.303 e. The highest BCUT2D eigenvalue weighted by molar-refractivity contribution is 6.29. The van der Waals surface area contributed by atoms with Crippen LogP contribution in [0.15, 0.2) is 41.1 Å². The average Bonchev–Trinajstić information content (AvgIpc) is 3.00. The first-order valence-corrected chi connectivity index (χ1v) is 10.8. The molecule has 1 aliphatic heterocycles. The molecule has 1 saturated heterocycles. The van der Waals surface area contributed by atoms with Crippen LogP contribution in [0.5, 0.6) is 5.75 Å². The number of rotatable bonds is 9. The van der Waals surface area contributed by atoms with E-state index in [1.807, 2.05) is 30.3 Å². The van der Waals surface area contributed by atoms with Crippen LogP contribution in [-0.4, -0.2) is 53.0 Å². The Morgan fingerprint density at radius 2 is 1.93 bits per heavy atom. The molecule has 30 heavy (non-hydrogen) atoms. The molecule has 1 unspecified atom stereocenters. The Morgan fingerprint density at radius 3 is 2.60 bits per heavy atom. The topological polar surface area (TPSA) is 105 Å². The van der Waals surface area contributed by atoms with Crippen molar-refractivity contribution in [2.24, 2.45) is 11.8 Å². The van der Waals surface area contributed by atoms with E-state index in [1.54, 1.807) is 0 Å². The van der Waals surface area contributed by atoms with Gasteiger partial charge in [0.2, 0.25) is 0 Å². The van der Waals surface area contributed by atoms with Crippen molar-refractivity contribution in [2.75, 3.05) is 13.2 Å². The van der Waals surface area contributed by atoms with Gasteiger partial charge in [-0.15, -0.1) is 0 Å². The molecule has 1 saturated carbocycles. The van der Waals surface area contributed by atoms with E-state index in [1.165, 1.54) is 0 Å². The molecule has 1 aromatic carbocycles. The number of benzene rings is 1. The van der Waals surface area contributed by atoms with Gasteiger partial charge in [0.25, 0.3) is 0 Å². The van der Waals surface area contributed by atoms with Crippen LogP contribution >= 0.6 is 11.6 Å². The summed E-state index contributed by atoms with van der Waals surface area (Å²) in [7, 11) is 0. The van der Waals surface area contributed by atoms with Crippen LogP contribution in [-0.2, 0) is 14.3 Å². The van der Waals surface area contributed by atoms with Gasteiger partial charge in [0, 0.05) is 31.1 Å². The lowest BCUT2D eigenvalue weighted by Gasteiger charge is -2.31. The van der Waals surface area contributed by atoms with E-state index in [4.69, 9.17) is 25.8 Å². The number of carboxylic acid groups (broad SMARTS) is 1. The predicted molar refractivity (Wildman–Crippen MR) is 110 cm³/mol. The maximum absolute atomic E-state index is 11.3. The number of para-hydroxylation sites is 1. The smallest absolute Gasteiger partial charge is 0.303 e. The van der Waals surface area contributed by atoms with Crippen molar-refractivity contribution in [1.82, 2.24) is 0 Å². The number of hydrogen-bond donors (Lipinski definition) is 3. The Bertz CT molecular complexity index is 717. The zero-order valence-electron chi connectivity index (χ0n) is 16.8. The van der Waals surface area contributed by atoms with Crippen LogP contribution in [0.1, 0.15) is 38.5 Å². The number of aliphatic hydroxyl groups excluding tert-OH is 2. The van der Waals surface area contributed by atoms with Gasteiger partial charge >= 0.3 is 5.97 Å². The number of carbonyl (C=O) groups is 1. The summed E-state index contributed by atoms with van der Waals surface area (Å²) in [6, 6.07) is 9.31. The Kier molecular flexibility index (Phi) is 8.39. The van der Waals surface area contributed by atoms with Gasteiger partial charge in [0.15, 0.2) is 6.29 Å². The first-order chi connectivity index (χ1) is 14.5. The lowest BCUT2D eigenvalue weighted by molar-refractivity contribution is -0.150. The van der Waals surface area contributed by atoms with E-state index >= 15 is 0 Å². The van der Waals surface area contributed by atoms with Gasteiger partial charge in [-0.05, 0) is 25.0 Å². The number of aliphatic hydroxyl groups is 2. The Morgan fingerprint density at radius 1 is 1.17 bits per heavy atom. The second-order valence-corrected chi connectivity index (χ2v) is 8.21. The monoisotopic (exact) mass is 440 g/mol.